The van der Waals surface area contributed by atoms with E-state index >= 15 is 0 Å². The summed E-state index contributed by atoms with van der Waals surface area (Å²) >= 11 is 0. The van der Waals surface area contributed by atoms with E-state index in [2.05, 4.69) is 10.3 Å². The molecule has 0 aliphatic heterocycles. The number of alkyl halides is 2. The second-order valence-corrected chi connectivity index (χ2v) is 8.66. The first-order valence-electron chi connectivity index (χ1n) is 10.1. The summed E-state index contributed by atoms with van der Waals surface area (Å²) in [5.41, 5.74) is 1.14. The van der Waals surface area contributed by atoms with Crippen LogP contribution in [-0.4, -0.2) is 35.2 Å². The molecule has 1 aliphatic rings. The average molecular weight is 418 g/mol. The Bertz CT molecular complexity index is 836. The van der Waals surface area contributed by atoms with Gasteiger partial charge in [-0.15, -0.1) is 0 Å². The Labute approximate surface area is 175 Å². The number of ether oxygens (including phenoxy) is 2. The van der Waals surface area contributed by atoms with Crippen molar-refractivity contribution in [2.24, 2.45) is 5.92 Å². The molecule has 0 radical (unpaired) electrons. The molecule has 1 aromatic carbocycles. The van der Waals surface area contributed by atoms with Crippen LogP contribution in [0.3, 0.4) is 0 Å². The molecule has 0 spiro atoms. The fourth-order valence-corrected chi connectivity index (χ4v) is 3.51. The highest BCUT2D eigenvalue weighted by Crippen LogP contribution is 2.37. The minimum Gasteiger partial charge on any atom is -0.493 e. The van der Waals surface area contributed by atoms with Crippen LogP contribution in [0.5, 0.6) is 5.75 Å². The lowest BCUT2D eigenvalue weighted by atomic mass is 9.82. The van der Waals surface area contributed by atoms with Gasteiger partial charge in [0.1, 0.15) is 11.4 Å². The van der Waals surface area contributed by atoms with Gasteiger partial charge in [0.2, 0.25) is 5.92 Å². The van der Waals surface area contributed by atoms with Crippen molar-refractivity contribution < 1.29 is 23.0 Å². The molecule has 3 rings (SSSR count). The molecule has 1 fully saturated rings. The van der Waals surface area contributed by atoms with Crippen LogP contribution in [-0.2, 0) is 4.74 Å². The van der Waals surface area contributed by atoms with Crippen LogP contribution in [0, 0.1) is 5.92 Å². The summed E-state index contributed by atoms with van der Waals surface area (Å²) in [6.07, 6.45) is 0.712. The summed E-state index contributed by atoms with van der Waals surface area (Å²) in [7, 11) is 0. The summed E-state index contributed by atoms with van der Waals surface area (Å²) < 4.78 is 39.1. The zero-order valence-electron chi connectivity index (χ0n) is 17.5. The zero-order valence-corrected chi connectivity index (χ0v) is 17.5. The Kier molecular flexibility index (Phi) is 6.58. The number of pyridine rings is 1. The number of nitrogens with one attached hydrogen (secondary N) is 1. The summed E-state index contributed by atoms with van der Waals surface area (Å²) in [4.78, 5) is 16.4. The molecule has 2 aromatic rings. The van der Waals surface area contributed by atoms with E-state index in [0.29, 0.717) is 5.75 Å². The van der Waals surface area contributed by atoms with Gasteiger partial charge in [0, 0.05) is 36.6 Å². The van der Waals surface area contributed by atoms with Crippen LogP contribution in [0.1, 0.15) is 40.0 Å². The van der Waals surface area contributed by atoms with Crippen molar-refractivity contribution in [3.8, 4) is 17.0 Å². The Morgan fingerprint density at radius 2 is 1.93 bits per heavy atom. The Morgan fingerprint density at radius 1 is 1.20 bits per heavy atom. The number of aromatic nitrogens is 1. The lowest BCUT2D eigenvalue weighted by Gasteiger charge is -2.36. The number of hydrogen-bond donors (Lipinski definition) is 1. The van der Waals surface area contributed by atoms with E-state index < -0.39 is 29.6 Å². The highest BCUT2D eigenvalue weighted by atomic mass is 19.3. The number of alkyl carbamates (subject to hydrolysis) is 1. The van der Waals surface area contributed by atoms with Gasteiger partial charge in [-0.05, 0) is 63.6 Å². The molecule has 2 unspecified atom stereocenters. The van der Waals surface area contributed by atoms with E-state index in [9.17, 15) is 13.6 Å². The number of nitrogens with zero attached hydrogens (tertiary/aromatic N) is 1. The van der Waals surface area contributed by atoms with E-state index in [1.807, 2.05) is 30.3 Å². The third-order valence-electron chi connectivity index (χ3n) is 4.93. The van der Waals surface area contributed by atoms with E-state index in [4.69, 9.17) is 9.47 Å². The van der Waals surface area contributed by atoms with Gasteiger partial charge in [0.15, 0.2) is 0 Å². The molecule has 1 heterocycles. The number of halogens is 2. The maximum Gasteiger partial charge on any atom is 0.407 e. The standard InChI is InChI=1S/C23H28F2N2O3/c1-22(2,3)30-21(28)27-20-11-12-23(24,25)14-17(20)15-29-18-9-7-16(8-10-18)19-6-4-5-13-26-19/h4-10,13,17,20H,11-12,14-15H2,1-3H3,(H,27,28). The van der Waals surface area contributed by atoms with Crippen molar-refractivity contribution in [1.29, 1.82) is 0 Å². The predicted octanol–water partition coefficient (Wildman–Crippen LogP) is 5.46. The van der Waals surface area contributed by atoms with Gasteiger partial charge < -0.3 is 14.8 Å². The molecular weight excluding hydrogens is 390 g/mol. The fraction of sp³-hybridized carbons (Fsp3) is 0.478. The van der Waals surface area contributed by atoms with Gasteiger partial charge in [-0.2, -0.15) is 0 Å². The lowest BCUT2D eigenvalue weighted by Crippen LogP contribution is -2.49. The second-order valence-electron chi connectivity index (χ2n) is 8.66. The van der Waals surface area contributed by atoms with Crippen molar-refractivity contribution in [3.05, 3.63) is 48.7 Å². The van der Waals surface area contributed by atoms with E-state index in [1.54, 1.807) is 39.1 Å². The second kappa shape index (κ2) is 8.98. The van der Waals surface area contributed by atoms with Crippen molar-refractivity contribution in [3.63, 3.8) is 0 Å². The average Bonchev–Trinajstić information content (AvgIpc) is 2.67. The number of amides is 1. The zero-order chi connectivity index (χ0) is 21.8. The number of carbonyl (C=O) groups excluding carboxylic acids is 1. The van der Waals surface area contributed by atoms with E-state index in [0.717, 1.165) is 11.3 Å². The quantitative estimate of drug-likeness (QED) is 0.701. The minimum atomic E-state index is -2.76. The third kappa shape index (κ3) is 6.40. The summed E-state index contributed by atoms with van der Waals surface area (Å²) in [6.45, 7) is 5.36. The van der Waals surface area contributed by atoms with Crippen LogP contribution in [0.15, 0.2) is 48.7 Å². The number of carbonyl (C=O) groups is 1. The summed E-state index contributed by atoms with van der Waals surface area (Å²) in [5.74, 6) is -2.69. The van der Waals surface area contributed by atoms with E-state index in [1.165, 1.54) is 0 Å². The maximum atomic E-state index is 14.0. The maximum absolute atomic E-state index is 14.0. The van der Waals surface area contributed by atoms with Crippen LogP contribution in [0.25, 0.3) is 11.3 Å². The van der Waals surface area contributed by atoms with Crippen molar-refractivity contribution >= 4 is 6.09 Å². The van der Waals surface area contributed by atoms with Gasteiger partial charge >= 0.3 is 6.09 Å². The monoisotopic (exact) mass is 418 g/mol. The molecule has 162 valence electrons. The smallest absolute Gasteiger partial charge is 0.407 e. The fourth-order valence-electron chi connectivity index (χ4n) is 3.51. The van der Waals surface area contributed by atoms with Gasteiger partial charge in [-0.3, -0.25) is 4.98 Å². The van der Waals surface area contributed by atoms with Crippen LogP contribution < -0.4 is 10.1 Å². The van der Waals surface area contributed by atoms with Gasteiger partial charge in [-0.1, -0.05) is 6.07 Å². The van der Waals surface area contributed by atoms with Crippen molar-refractivity contribution in [2.45, 2.75) is 57.6 Å². The third-order valence-corrected chi connectivity index (χ3v) is 4.93. The summed E-state index contributed by atoms with van der Waals surface area (Å²) in [5, 5.41) is 2.75. The molecule has 30 heavy (non-hydrogen) atoms. The lowest BCUT2D eigenvalue weighted by molar-refractivity contribution is -0.0690. The Hall–Kier alpha value is -2.70. The molecule has 0 saturated heterocycles. The molecule has 2 atom stereocenters. The number of benzene rings is 1. The van der Waals surface area contributed by atoms with Crippen molar-refractivity contribution in [1.82, 2.24) is 10.3 Å². The summed E-state index contributed by atoms with van der Waals surface area (Å²) in [6, 6.07) is 12.6. The molecule has 7 heteroatoms. The SMILES string of the molecule is CC(C)(C)OC(=O)NC1CCC(F)(F)CC1COc1ccc(-c2ccccn2)cc1. The first-order chi connectivity index (χ1) is 14.1. The molecular formula is C23H28F2N2O3. The van der Waals surface area contributed by atoms with Crippen LogP contribution in [0.2, 0.25) is 0 Å². The highest BCUT2D eigenvalue weighted by Gasteiger charge is 2.42. The normalized spacial score (nSPS) is 21.0. The Balaban J connectivity index is 1.62. The highest BCUT2D eigenvalue weighted by molar-refractivity contribution is 5.68. The number of hydrogen-bond acceptors (Lipinski definition) is 4. The van der Waals surface area contributed by atoms with E-state index in [-0.39, 0.29) is 25.9 Å². The topological polar surface area (TPSA) is 60.5 Å². The van der Waals surface area contributed by atoms with Gasteiger partial charge in [0.05, 0.1) is 12.3 Å². The molecule has 1 saturated carbocycles. The van der Waals surface area contributed by atoms with Crippen LogP contribution in [0.4, 0.5) is 13.6 Å². The molecule has 5 nitrogen and oxygen atoms in total. The Morgan fingerprint density at radius 3 is 2.57 bits per heavy atom. The predicted molar refractivity (Wildman–Crippen MR) is 111 cm³/mol. The minimum absolute atomic E-state index is 0.0823. The van der Waals surface area contributed by atoms with Gasteiger partial charge in [0.25, 0.3) is 0 Å². The molecule has 1 aromatic heterocycles. The first kappa shape index (κ1) is 22.0. The molecule has 1 aliphatic carbocycles. The first-order valence-corrected chi connectivity index (χ1v) is 10.1. The largest absolute Gasteiger partial charge is 0.493 e. The molecule has 1 N–H and O–H groups in total. The van der Waals surface area contributed by atoms with Gasteiger partial charge in [-0.25, -0.2) is 13.6 Å². The van der Waals surface area contributed by atoms with Crippen molar-refractivity contribution in [2.75, 3.05) is 6.61 Å². The number of rotatable bonds is 5. The molecule has 0 bridgehead atoms. The molecule has 1 amide bonds. The van der Waals surface area contributed by atoms with Crippen LogP contribution >= 0.6 is 0 Å².